The molecule has 0 bridgehead atoms. The number of hydrogen-bond acceptors (Lipinski definition) is 6. The average molecular weight is 543 g/mol. The number of allylic oxidation sites excluding steroid dienone is 2. The first-order valence-electron chi connectivity index (χ1n) is 11.6. The molecule has 0 heterocycles. The van der Waals surface area contributed by atoms with E-state index in [1.165, 1.54) is 0 Å². The number of rotatable bonds is 10. The minimum absolute atomic E-state index is 0.699. The first-order valence-corrected chi connectivity index (χ1v) is 13.9. The zero-order valence-electron chi connectivity index (χ0n) is 19.6. The largest absolute Gasteiger partial charge is 0.280 e. The van der Waals surface area contributed by atoms with E-state index in [-0.39, 0.29) is 0 Å². The maximum atomic E-state index is 5.73. The molecule has 4 rings (SSSR count). The van der Waals surface area contributed by atoms with Crippen LogP contribution in [0.25, 0.3) is 0 Å². The second-order valence-corrected chi connectivity index (χ2v) is 11.3. The fourth-order valence-corrected chi connectivity index (χ4v) is 5.70. The van der Waals surface area contributed by atoms with Crippen LogP contribution < -0.4 is 8.61 Å². The van der Waals surface area contributed by atoms with E-state index in [2.05, 4.69) is 69.3 Å². The summed E-state index contributed by atoms with van der Waals surface area (Å²) in [5.74, 6) is 0. The molecule has 0 radical (unpaired) electrons. The Bertz CT molecular complexity index is 1080. The van der Waals surface area contributed by atoms with E-state index in [4.69, 9.17) is 24.4 Å². The minimum atomic E-state index is 0.699. The topological polar surface area (TPSA) is 6.48 Å². The van der Waals surface area contributed by atoms with Crippen molar-refractivity contribution in [2.24, 2.45) is 0 Å². The fraction of sp³-hybridized carbons (Fsp3) is 0.0667. The van der Waals surface area contributed by atoms with Crippen molar-refractivity contribution in [3.8, 4) is 0 Å². The molecule has 0 N–H and O–H groups in total. The first-order chi connectivity index (χ1) is 17.7. The molecular formula is C30H26N2S4. The molecule has 36 heavy (non-hydrogen) atoms. The van der Waals surface area contributed by atoms with E-state index >= 15 is 0 Å². The summed E-state index contributed by atoms with van der Waals surface area (Å²) < 4.78 is 6.14. The van der Waals surface area contributed by atoms with Gasteiger partial charge in [-0.2, -0.15) is 0 Å². The molecule has 0 fully saturated rings. The lowest BCUT2D eigenvalue weighted by Crippen LogP contribution is -2.10. The molecule has 0 spiro atoms. The Hall–Kier alpha value is -2.90. The van der Waals surface area contributed by atoms with Crippen LogP contribution in [0.5, 0.6) is 0 Å². The molecule has 0 atom stereocenters. The Kier molecular flexibility index (Phi) is 10.2. The zero-order chi connectivity index (χ0) is 25.0. The van der Waals surface area contributed by atoms with Crippen molar-refractivity contribution in [2.45, 2.75) is 12.8 Å². The van der Waals surface area contributed by atoms with Crippen molar-refractivity contribution >= 4 is 79.5 Å². The van der Waals surface area contributed by atoms with E-state index in [1.807, 2.05) is 72.8 Å². The number of thiocarbonyl (C=S) groups is 2. The summed E-state index contributed by atoms with van der Waals surface area (Å²) >= 11 is 14.6. The Morgan fingerprint density at radius 2 is 0.722 bits per heavy atom. The van der Waals surface area contributed by atoms with Crippen LogP contribution >= 0.6 is 48.3 Å². The lowest BCUT2D eigenvalue weighted by molar-refractivity contribution is 1.42. The molecule has 0 aliphatic heterocycles. The number of para-hydroxylation sites is 4. The fourth-order valence-electron chi connectivity index (χ4n) is 3.40. The van der Waals surface area contributed by atoms with Crippen LogP contribution in [-0.4, -0.2) is 8.39 Å². The molecule has 4 aromatic carbocycles. The van der Waals surface area contributed by atoms with Gasteiger partial charge in [-0.1, -0.05) is 109 Å². The van der Waals surface area contributed by atoms with Crippen molar-refractivity contribution in [3.63, 3.8) is 0 Å². The highest BCUT2D eigenvalue weighted by Gasteiger charge is 2.13. The quantitative estimate of drug-likeness (QED) is 0.111. The number of nitrogens with zero attached hydrogens (tertiary/aromatic N) is 2. The molecule has 0 saturated carbocycles. The summed E-state index contributed by atoms with van der Waals surface area (Å²) in [7, 11) is 0. The standard InChI is InChI=1S/C30H26N2S4/c33-29(35-31(25-15-5-1-6-16-25)26-17-7-2-8-18-26)23-13-14-24-30(34)36-32(27-19-9-3-10-20-27)28-21-11-4-12-22-28/h1-22H,23-24H2/b14-13+. The maximum Gasteiger partial charge on any atom is 0.0732 e. The number of anilines is 4. The highest BCUT2D eigenvalue weighted by Crippen LogP contribution is 2.35. The summed E-state index contributed by atoms with van der Waals surface area (Å²) in [5, 5.41) is 0. The van der Waals surface area contributed by atoms with Gasteiger partial charge in [0.05, 0.1) is 31.1 Å². The maximum absolute atomic E-state index is 5.73. The normalized spacial score (nSPS) is 10.8. The molecule has 2 nitrogen and oxygen atoms in total. The minimum Gasteiger partial charge on any atom is -0.280 e. The van der Waals surface area contributed by atoms with Crippen LogP contribution in [0.15, 0.2) is 133 Å². The third kappa shape index (κ3) is 7.80. The smallest absolute Gasteiger partial charge is 0.0732 e. The number of hydrogen-bond donors (Lipinski definition) is 0. The molecule has 0 aliphatic carbocycles. The van der Waals surface area contributed by atoms with E-state index < -0.39 is 0 Å². The van der Waals surface area contributed by atoms with Crippen LogP contribution in [0.2, 0.25) is 0 Å². The summed E-state index contributed by atoms with van der Waals surface area (Å²) in [6.45, 7) is 0. The monoisotopic (exact) mass is 542 g/mol. The van der Waals surface area contributed by atoms with Gasteiger partial charge in [-0.3, -0.25) is 8.61 Å². The zero-order valence-corrected chi connectivity index (χ0v) is 22.9. The van der Waals surface area contributed by atoms with Crippen molar-refractivity contribution in [3.05, 3.63) is 133 Å². The summed E-state index contributed by atoms with van der Waals surface area (Å²) in [6, 6.07) is 41.2. The molecule has 0 unspecified atom stereocenters. The molecule has 4 aromatic rings. The number of benzene rings is 4. The molecule has 0 aliphatic rings. The SMILES string of the molecule is S=C(C/C=C/CC(=S)SN(c1ccccc1)c1ccccc1)SN(c1ccccc1)c1ccccc1. The molecular weight excluding hydrogens is 517 g/mol. The van der Waals surface area contributed by atoms with E-state index in [0.29, 0.717) is 12.8 Å². The Labute approximate surface area is 233 Å². The lowest BCUT2D eigenvalue weighted by atomic mass is 10.3. The predicted octanol–water partition coefficient (Wildman–Crippen LogP) is 9.95. The highest BCUT2D eigenvalue weighted by atomic mass is 32.2. The first kappa shape index (κ1) is 26.2. The Morgan fingerprint density at radius 3 is 0.972 bits per heavy atom. The molecule has 0 saturated heterocycles. The van der Waals surface area contributed by atoms with Crippen LogP contribution in [0.3, 0.4) is 0 Å². The molecule has 180 valence electrons. The molecule has 6 heteroatoms. The van der Waals surface area contributed by atoms with Crippen molar-refractivity contribution < 1.29 is 0 Å². The van der Waals surface area contributed by atoms with Crippen molar-refractivity contribution in [1.29, 1.82) is 0 Å². The predicted molar refractivity (Wildman–Crippen MR) is 169 cm³/mol. The van der Waals surface area contributed by atoms with Gasteiger partial charge >= 0.3 is 0 Å². The highest BCUT2D eigenvalue weighted by molar-refractivity contribution is 8.24. The van der Waals surface area contributed by atoms with Crippen molar-refractivity contribution in [2.75, 3.05) is 8.61 Å². The van der Waals surface area contributed by atoms with Crippen LogP contribution in [0, 0.1) is 0 Å². The van der Waals surface area contributed by atoms with Crippen LogP contribution in [-0.2, 0) is 0 Å². The summed E-state index contributed by atoms with van der Waals surface area (Å²) in [5.41, 5.74) is 4.39. The summed E-state index contributed by atoms with van der Waals surface area (Å²) in [6.07, 6.45) is 5.63. The lowest BCUT2D eigenvalue weighted by Gasteiger charge is -2.23. The molecule has 0 aromatic heterocycles. The van der Waals surface area contributed by atoms with Gasteiger partial charge in [0.15, 0.2) is 0 Å². The van der Waals surface area contributed by atoms with Gasteiger partial charge in [0.1, 0.15) is 0 Å². The van der Waals surface area contributed by atoms with E-state index in [9.17, 15) is 0 Å². The van der Waals surface area contributed by atoms with Gasteiger partial charge in [-0.05, 0) is 48.5 Å². The van der Waals surface area contributed by atoms with Gasteiger partial charge in [0, 0.05) is 36.7 Å². The second kappa shape index (κ2) is 14.0. The van der Waals surface area contributed by atoms with E-state index in [0.717, 1.165) is 31.1 Å². The van der Waals surface area contributed by atoms with Crippen LogP contribution in [0.1, 0.15) is 12.8 Å². The Morgan fingerprint density at radius 1 is 0.472 bits per heavy atom. The van der Waals surface area contributed by atoms with Gasteiger partial charge < -0.3 is 0 Å². The van der Waals surface area contributed by atoms with Crippen molar-refractivity contribution in [1.82, 2.24) is 0 Å². The van der Waals surface area contributed by atoms with E-state index in [1.54, 1.807) is 23.9 Å². The summed E-state index contributed by atoms with van der Waals surface area (Å²) in [4.78, 5) is 0. The van der Waals surface area contributed by atoms with Gasteiger partial charge in [-0.25, -0.2) is 0 Å². The van der Waals surface area contributed by atoms with Gasteiger partial charge in [0.25, 0.3) is 0 Å². The van der Waals surface area contributed by atoms with Gasteiger partial charge in [0.2, 0.25) is 0 Å². The second-order valence-electron chi connectivity index (χ2n) is 7.74. The average Bonchev–Trinajstić information content (AvgIpc) is 2.94. The third-order valence-corrected chi connectivity index (χ3v) is 7.81. The Balaban J connectivity index is 1.34. The molecule has 0 amide bonds. The third-order valence-electron chi connectivity index (χ3n) is 5.08. The van der Waals surface area contributed by atoms with Gasteiger partial charge in [-0.15, -0.1) is 0 Å². The van der Waals surface area contributed by atoms with Crippen LogP contribution in [0.4, 0.5) is 22.7 Å².